The second-order valence-electron chi connectivity index (χ2n) is 16.5. The van der Waals surface area contributed by atoms with Crippen LogP contribution < -0.4 is 15.9 Å². The summed E-state index contributed by atoms with van der Waals surface area (Å²) in [4.78, 5) is 0. The molecule has 2 nitrogen and oxygen atoms in total. The van der Waals surface area contributed by atoms with Gasteiger partial charge < -0.3 is 9.13 Å². The van der Waals surface area contributed by atoms with Gasteiger partial charge in [0.05, 0.1) is 11.0 Å². The van der Waals surface area contributed by atoms with Crippen LogP contribution in [0.5, 0.6) is 0 Å². The summed E-state index contributed by atoms with van der Waals surface area (Å²) in [6, 6.07) is 69.8. The topological polar surface area (TPSA) is 22.0 Å². The Balaban J connectivity index is 0.966. The molecule has 0 radical (unpaired) electrons. The van der Waals surface area contributed by atoms with Gasteiger partial charge in [-0.3, -0.25) is 0 Å². The first-order chi connectivity index (χ1) is 28.4. The minimum Gasteiger partial charge on any atom is -0.309 e. The lowest BCUT2D eigenvalue weighted by Crippen LogP contribution is -2.20. The molecule has 0 bridgehead atoms. The lowest BCUT2D eigenvalue weighted by atomic mass is 9.82. The fourth-order valence-electron chi connectivity index (χ4n) is 10.1. The first kappa shape index (κ1) is 33.4. The lowest BCUT2D eigenvalue weighted by Gasteiger charge is -2.21. The standard InChI is InChI=1S/C55H38NOP/c1-55(2)49-28-24-39(31-45(49)46-32-40(25-29-50(46)55)38-21-20-35-12-6-7-13-37(35)30-38)36-22-26-41(27-23-36)56-51-18-10-8-16-43(51)47-34-54-48(33-52(47)56)44-17-9-11-19-53(44)58(54,57)42-14-4-3-5-15-42/h3-34H,1-2H3. The number of nitrogens with zero attached hydrogens (tertiary/aromatic N) is 1. The maximum Gasteiger partial charge on any atom is 0.172 e. The van der Waals surface area contributed by atoms with Crippen LogP contribution in [-0.4, -0.2) is 4.57 Å². The zero-order chi connectivity index (χ0) is 38.8. The van der Waals surface area contributed by atoms with Crippen molar-refractivity contribution in [2.24, 2.45) is 0 Å². The highest BCUT2D eigenvalue weighted by molar-refractivity contribution is 7.86. The predicted octanol–water partition coefficient (Wildman–Crippen LogP) is 13.2. The van der Waals surface area contributed by atoms with Gasteiger partial charge in [-0.25, -0.2) is 0 Å². The van der Waals surface area contributed by atoms with Crippen LogP contribution in [0.4, 0.5) is 0 Å². The molecule has 0 N–H and O–H groups in total. The molecule has 1 aromatic heterocycles. The van der Waals surface area contributed by atoms with E-state index in [2.05, 4.69) is 176 Å². The Morgan fingerprint density at radius 1 is 0.414 bits per heavy atom. The second kappa shape index (κ2) is 12.1. The number of hydrogen-bond donors (Lipinski definition) is 0. The highest BCUT2D eigenvalue weighted by Crippen LogP contribution is 2.54. The molecular formula is C55H38NOP. The Morgan fingerprint density at radius 2 is 1.02 bits per heavy atom. The lowest BCUT2D eigenvalue weighted by molar-refractivity contribution is 0.593. The zero-order valence-corrected chi connectivity index (χ0v) is 33.2. The molecule has 12 rings (SSSR count). The van der Waals surface area contributed by atoms with E-state index < -0.39 is 7.14 Å². The van der Waals surface area contributed by atoms with Crippen molar-refractivity contribution in [2.45, 2.75) is 19.3 Å². The largest absolute Gasteiger partial charge is 0.309 e. The summed E-state index contributed by atoms with van der Waals surface area (Å²) in [5.74, 6) is 0. The first-order valence-corrected chi connectivity index (χ1v) is 21.8. The number of hydrogen-bond acceptors (Lipinski definition) is 1. The van der Waals surface area contributed by atoms with E-state index in [1.165, 1.54) is 55.3 Å². The summed E-state index contributed by atoms with van der Waals surface area (Å²) in [5.41, 5.74) is 15.6. The minimum atomic E-state index is -3.06. The molecule has 0 saturated heterocycles. The second-order valence-corrected chi connectivity index (χ2v) is 19.2. The van der Waals surface area contributed by atoms with Crippen LogP contribution in [0.3, 0.4) is 0 Å². The predicted molar refractivity (Wildman–Crippen MR) is 245 cm³/mol. The maximum absolute atomic E-state index is 15.4. The molecule has 0 amide bonds. The Bertz CT molecular complexity index is 3390. The van der Waals surface area contributed by atoms with Gasteiger partial charge in [-0.05, 0) is 115 Å². The summed E-state index contributed by atoms with van der Waals surface area (Å²) in [5, 5.41) is 7.52. The molecule has 1 aliphatic carbocycles. The minimum absolute atomic E-state index is 0.0823. The van der Waals surface area contributed by atoms with E-state index in [0.29, 0.717) is 0 Å². The monoisotopic (exact) mass is 759 g/mol. The quantitative estimate of drug-likeness (QED) is 0.164. The SMILES string of the molecule is CC1(C)c2ccc(-c3ccc(-n4c5ccccc5c5cc6c(cc54)-c4ccccc4P6(=O)c4ccccc4)cc3)cc2-c2cc(-c3ccc4ccccc4c3)ccc21. The van der Waals surface area contributed by atoms with Gasteiger partial charge >= 0.3 is 0 Å². The van der Waals surface area contributed by atoms with Crippen LogP contribution in [0.1, 0.15) is 25.0 Å². The molecule has 10 aromatic rings. The van der Waals surface area contributed by atoms with Crippen LogP contribution in [0.2, 0.25) is 0 Å². The van der Waals surface area contributed by atoms with Crippen molar-refractivity contribution in [1.82, 2.24) is 4.57 Å². The van der Waals surface area contributed by atoms with Crippen molar-refractivity contribution >= 4 is 55.6 Å². The fraction of sp³-hybridized carbons (Fsp3) is 0.0545. The third-order valence-corrected chi connectivity index (χ3v) is 16.1. The highest BCUT2D eigenvalue weighted by atomic mass is 31.2. The van der Waals surface area contributed by atoms with Gasteiger partial charge in [0.2, 0.25) is 0 Å². The molecule has 9 aromatic carbocycles. The van der Waals surface area contributed by atoms with Gasteiger partial charge in [0.1, 0.15) is 0 Å². The van der Waals surface area contributed by atoms with Crippen LogP contribution in [-0.2, 0) is 9.98 Å². The number of fused-ring (bicyclic) bond motifs is 10. The van der Waals surface area contributed by atoms with Crippen molar-refractivity contribution in [1.29, 1.82) is 0 Å². The number of aromatic nitrogens is 1. The van der Waals surface area contributed by atoms with E-state index in [1.54, 1.807) is 0 Å². The van der Waals surface area contributed by atoms with Gasteiger partial charge in [-0.15, -0.1) is 0 Å². The van der Waals surface area contributed by atoms with Crippen molar-refractivity contribution in [3.05, 3.63) is 205 Å². The van der Waals surface area contributed by atoms with Gasteiger partial charge in [0.15, 0.2) is 7.14 Å². The number of para-hydroxylation sites is 1. The van der Waals surface area contributed by atoms with Gasteiger partial charge in [-0.2, -0.15) is 0 Å². The molecule has 2 aliphatic rings. The molecule has 0 saturated carbocycles. The average Bonchev–Trinajstić information content (AvgIpc) is 3.83. The summed E-state index contributed by atoms with van der Waals surface area (Å²) in [7, 11) is -3.06. The van der Waals surface area contributed by atoms with E-state index >= 15 is 4.57 Å². The van der Waals surface area contributed by atoms with E-state index in [0.717, 1.165) is 54.5 Å². The molecule has 2 heterocycles. The Hall–Kier alpha value is -6.73. The third kappa shape index (κ3) is 4.64. The molecule has 3 heteroatoms. The van der Waals surface area contributed by atoms with Crippen molar-refractivity contribution in [3.63, 3.8) is 0 Å². The van der Waals surface area contributed by atoms with Crippen LogP contribution in [0, 0.1) is 0 Å². The fourth-order valence-corrected chi connectivity index (χ4v) is 13.2. The van der Waals surface area contributed by atoms with E-state index in [4.69, 9.17) is 0 Å². The molecule has 1 unspecified atom stereocenters. The van der Waals surface area contributed by atoms with E-state index in [9.17, 15) is 0 Å². The number of benzene rings is 9. The Labute approximate surface area is 338 Å². The molecular weight excluding hydrogens is 722 g/mol. The highest BCUT2D eigenvalue weighted by Gasteiger charge is 2.41. The summed E-state index contributed by atoms with van der Waals surface area (Å²) < 4.78 is 17.8. The molecule has 1 atom stereocenters. The van der Waals surface area contributed by atoms with Crippen LogP contribution in [0.15, 0.2) is 194 Å². The third-order valence-electron chi connectivity index (χ3n) is 13.0. The Morgan fingerprint density at radius 3 is 1.79 bits per heavy atom. The van der Waals surface area contributed by atoms with Gasteiger partial charge in [0.25, 0.3) is 0 Å². The zero-order valence-electron chi connectivity index (χ0n) is 32.3. The van der Waals surface area contributed by atoms with Crippen molar-refractivity contribution in [3.8, 4) is 50.2 Å². The van der Waals surface area contributed by atoms with Gasteiger partial charge in [0, 0.05) is 37.8 Å². The molecule has 274 valence electrons. The smallest absolute Gasteiger partial charge is 0.172 e. The normalized spacial score (nSPS) is 16.0. The average molecular weight is 760 g/mol. The summed E-state index contributed by atoms with van der Waals surface area (Å²) >= 11 is 0. The molecule has 1 aliphatic heterocycles. The summed E-state index contributed by atoms with van der Waals surface area (Å²) in [6.45, 7) is 4.70. The molecule has 0 fully saturated rings. The van der Waals surface area contributed by atoms with Crippen LogP contribution >= 0.6 is 7.14 Å². The van der Waals surface area contributed by atoms with Gasteiger partial charge in [-0.1, -0.05) is 159 Å². The van der Waals surface area contributed by atoms with E-state index in [-0.39, 0.29) is 5.41 Å². The molecule has 0 spiro atoms. The van der Waals surface area contributed by atoms with E-state index in [1.807, 2.05) is 36.4 Å². The van der Waals surface area contributed by atoms with Crippen LogP contribution in [0.25, 0.3) is 82.8 Å². The van der Waals surface area contributed by atoms with Crippen molar-refractivity contribution in [2.75, 3.05) is 0 Å². The Kier molecular flexibility index (Phi) is 6.99. The van der Waals surface area contributed by atoms with Crippen molar-refractivity contribution < 1.29 is 4.57 Å². The summed E-state index contributed by atoms with van der Waals surface area (Å²) in [6.07, 6.45) is 0. The first-order valence-electron chi connectivity index (χ1n) is 20.1. The maximum atomic E-state index is 15.4. The number of rotatable bonds is 4. The molecule has 58 heavy (non-hydrogen) atoms.